The first-order valence-corrected chi connectivity index (χ1v) is 12.2. The van der Waals surface area contributed by atoms with Gasteiger partial charge >= 0.3 is 6.03 Å². The van der Waals surface area contributed by atoms with Crippen LogP contribution in [-0.4, -0.2) is 63.3 Å². The summed E-state index contributed by atoms with van der Waals surface area (Å²) in [7, 11) is 4.66. The van der Waals surface area contributed by atoms with Gasteiger partial charge in [-0.1, -0.05) is 17.3 Å². The van der Waals surface area contributed by atoms with Gasteiger partial charge in [-0.15, -0.1) is 0 Å². The molecular formula is C27H33N3O7. The number of amides is 2. The molecule has 1 atom stereocenters. The molecule has 10 heteroatoms. The summed E-state index contributed by atoms with van der Waals surface area (Å²) in [4.78, 5) is 15.1. The van der Waals surface area contributed by atoms with Crippen LogP contribution < -0.4 is 24.3 Å². The van der Waals surface area contributed by atoms with Crippen molar-refractivity contribution in [1.29, 1.82) is 0 Å². The largest absolute Gasteiger partial charge is 0.493 e. The summed E-state index contributed by atoms with van der Waals surface area (Å²) in [6.45, 7) is 3.75. The van der Waals surface area contributed by atoms with Gasteiger partial charge < -0.3 is 38.4 Å². The fourth-order valence-corrected chi connectivity index (χ4v) is 4.24. The highest BCUT2D eigenvalue weighted by molar-refractivity contribution is 5.91. The van der Waals surface area contributed by atoms with E-state index in [1.807, 2.05) is 31.2 Å². The normalized spacial score (nSPS) is 14.8. The second-order valence-corrected chi connectivity index (χ2v) is 8.47. The van der Waals surface area contributed by atoms with Crippen molar-refractivity contribution in [2.24, 2.45) is 0 Å². The Morgan fingerprint density at radius 3 is 2.49 bits per heavy atom. The lowest BCUT2D eigenvalue weighted by Crippen LogP contribution is -2.39. The quantitative estimate of drug-likeness (QED) is 0.384. The summed E-state index contributed by atoms with van der Waals surface area (Å²) in [5.41, 5.74) is 1.90. The van der Waals surface area contributed by atoms with Crippen molar-refractivity contribution in [2.75, 3.05) is 46.4 Å². The van der Waals surface area contributed by atoms with Gasteiger partial charge in [0.2, 0.25) is 5.75 Å². The Hall–Kier alpha value is -3.92. The van der Waals surface area contributed by atoms with Gasteiger partial charge in [-0.3, -0.25) is 0 Å². The lowest BCUT2D eigenvalue weighted by molar-refractivity contribution is 0.0814. The minimum absolute atomic E-state index is 0.0330. The number of hydrogen-bond acceptors (Lipinski definition) is 8. The second kappa shape index (κ2) is 12.4. The van der Waals surface area contributed by atoms with Gasteiger partial charge in [0.05, 0.1) is 46.3 Å². The van der Waals surface area contributed by atoms with Crippen LogP contribution in [0.15, 0.2) is 47.0 Å². The number of urea groups is 1. The van der Waals surface area contributed by atoms with Crippen LogP contribution in [0.2, 0.25) is 0 Å². The molecule has 1 aromatic heterocycles. The molecule has 2 amide bonds. The van der Waals surface area contributed by atoms with E-state index in [2.05, 4.69) is 10.5 Å². The lowest BCUT2D eigenvalue weighted by Gasteiger charge is -2.25. The predicted molar refractivity (Wildman–Crippen MR) is 138 cm³/mol. The van der Waals surface area contributed by atoms with Gasteiger partial charge in [-0.05, 0) is 44.0 Å². The third-order valence-electron chi connectivity index (χ3n) is 6.02. The maximum Gasteiger partial charge on any atom is 0.322 e. The lowest BCUT2D eigenvalue weighted by atomic mass is 10.1. The SMILES string of the molecule is CCOc1ccccc1NC(=O)N(Cc1cc(-c2cc(OC)c(OC)c(OC)c2)on1)C[C@H]1CCCO1. The Kier molecular flexibility index (Phi) is 8.73. The molecule has 0 radical (unpaired) electrons. The highest BCUT2D eigenvalue weighted by atomic mass is 16.5. The van der Waals surface area contributed by atoms with Gasteiger partial charge in [0.1, 0.15) is 11.4 Å². The van der Waals surface area contributed by atoms with Crippen molar-refractivity contribution < 1.29 is 33.0 Å². The molecule has 1 fully saturated rings. The molecule has 2 heterocycles. The van der Waals surface area contributed by atoms with Gasteiger partial charge in [0.25, 0.3) is 0 Å². The molecule has 0 spiro atoms. The summed E-state index contributed by atoms with van der Waals surface area (Å²) < 4.78 is 33.4. The number of carbonyl (C=O) groups excluding carboxylic acids is 1. The number of para-hydroxylation sites is 2. The first kappa shape index (κ1) is 26.2. The van der Waals surface area contributed by atoms with E-state index in [9.17, 15) is 4.79 Å². The molecule has 1 N–H and O–H groups in total. The van der Waals surface area contributed by atoms with E-state index in [0.29, 0.717) is 65.5 Å². The Labute approximate surface area is 216 Å². The highest BCUT2D eigenvalue weighted by Crippen LogP contribution is 2.41. The average molecular weight is 512 g/mol. The smallest absolute Gasteiger partial charge is 0.322 e. The first-order chi connectivity index (χ1) is 18.1. The van der Waals surface area contributed by atoms with E-state index in [4.69, 9.17) is 28.2 Å². The number of methoxy groups -OCH3 is 3. The molecule has 4 rings (SSSR count). The van der Waals surface area contributed by atoms with Crippen molar-refractivity contribution >= 4 is 11.7 Å². The number of aromatic nitrogens is 1. The standard InChI is InChI=1S/C27H33N3O7/c1-5-35-22-11-7-6-10-21(22)28-27(31)30(17-20-9-8-12-36-20)16-19-15-23(37-29-19)18-13-24(32-2)26(34-4)25(14-18)33-3/h6-7,10-11,13-15,20H,5,8-9,12,16-17H2,1-4H3,(H,28,31)/t20-/m1/s1. The number of benzene rings is 2. The van der Waals surface area contributed by atoms with Gasteiger partial charge in [0.15, 0.2) is 17.3 Å². The van der Waals surface area contributed by atoms with Crippen molar-refractivity contribution in [3.8, 4) is 34.3 Å². The predicted octanol–water partition coefficient (Wildman–Crippen LogP) is 4.98. The molecule has 3 aromatic rings. The minimum Gasteiger partial charge on any atom is -0.493 e. The van der Waals surface area contributed by atoms with Crippen molar-refractivity contribution in [1.82, 2.24) is 10.1 Å². The number of nitrogens with zero attached hydrogens (tertiary/aromatic N) is 2. The molecular weight excluding hydrogens is 478 g/mol. The fourth-order valence-electron chi connectivity index (χ4n) is 4.24. The summed E-state index contributed by atoms with van der Waals surface area (Å²) in [5.74, 6) is 2.61. The molecule has 0 bridgehead atoms. The molecule has 198 valence electrons. The highest BCUT2D eigenvalue weighted by Gasteiger charge is 2.25. The van der Waals surface area contributed by atoms with Crippen LogP contribution in [0.4, 0.5) is 10.5 Å². The van der Waals surface area contributed by atoms with Crippen molar-refractivity contribution in [2.45, 2.75) is 32.4 Å². The first-order valence-electron chi connectivity index (χ1n) is 12.2. The molecule has 1 aliphatic rings. The molecule has 2 aromatic carbocycles. The fraction of sp³-hybridized carbons (Fsp3) is 0.407. The van der Waals surface area contributed by atoms with E-state index >= 15 is 0 Å². The summed E-state index contributed by atoms with van der Waals surface area (Å²) >= 11 is 0. The Morgan fingerprint density at radius 2 is 1.84 bits per heavy atom. The van der Waals surface area contributed by atoms with Crippen LogP contribution in [-0.2, 0) is 11.3 Å². The van der Waals surface area contributed by atoms with Crippen LogP contribution in [0.1, 0.15) is 25.5 Å². The number of hydrogen-bond donors (Lipinski definition) is 1. The van der Waals surface area contributed by atoms with Crippen LogP contribution in [0.25, 0.3) is 11.3 Å². The second-order valence-electron chi connectivity index (χ2n) is 8.47. The molecule has 10 nitrogen and oxygen atoms in total. The Morgan fingerprint density at radius 1 is 1.08 bits per heavy atom. The Bertz CT molecular complexity index is 1170. The van der Waals surface area contributed by atoms with Gasteiger partial charge in [-0.2, -0.15) is 0 Å². The molecule has 1 aliphatic heterocycles. The number of nitrogens with one attached hydrogen (secondary N) is 1. The zero-order valence-electron chi connectivity index (χ0n) is 21.6. The van der Waals surface area contributed by atoms with Crippen LogP contribution >= 0.6 is 0 Å². The molecule has 0 unspecified atom stereocenters. The van der Waals surface area contributed by atoms with E-state index in [0.717, 1.165) is 12.8 Å². The molecule has 0 saturated carbocycles. The number of rotatable bonds is 11. The minimum atomic E-state index is -0.278. The van der Waals surface area contributed by atoms with E-state index in [-0.39, 0.29) is 18.7 Å². The van der Waals surface area contributed by atoms with E-state index in [1.165, 1.54) is 0 Å². The molecule has 37 heavy (non-hydrogen) atoms. The van der Waals surface area contributed by atoms with Gasteiger partial charge in [-0.25, -0.2) is 4.79 Å². The van der Waals surface area contributed by atoms with Crippen LogP contribution in [0.5, 0.6) is 23.0 Å². The summed E-state index contributed by atoms with van der Waals surface area (Å²) in [6.07, 6.45) is 1.84. The third-order valence-corrected chi connectivity index (χ3v) is 6.02. The van der Waals surface area contributed by atoms with Crippen molar-refractivity contribution in [3.05, 3.63) is 48.2 Å². The number of ether oxygens (including phenoxy) is 5. The molecule has 0 aliphatic carbocycles. The zero-order valence-corrected chi connectivity index (χ0v) is 21.6. The van der Waals surface area contributed by atoms with E-state index in [1.54, 1.807) is 44.4 Å². The average Bonchev–Trinajstić information content (AvgIpc) is 3.61. The summed E-state index contributed by atoms with van der Waals surface area (Å²) in [5, 5.41) is 7.19. The third kappa shape index (κ3) is 6.26. The van der Waals surface area contributed by atoms with E-state index < -0.39 is 0 Å². The number of anilines is 1. The maximum absolute atomic E-state index is 13.4. The topological polar surface area (TPSA) is 105 Å². The van der Waals surface area contributed by atoms with Crippen LogP contribution in [0.3, 0.4) is 0 Å². The summed E-state index contributed by atoms with van der Waals surface area (Å²) in [6, 6.07) is 12.4. The number of carbonyl (C=O) groups is 1. The van der Waals surface area contributed by atoms with Crippen LogP contribution in [0, 0.1) is 0 Å². The monoisotopic (exact) mass is 511 g/mol. The zero-order chi connectivity index (χ0) is 26.2. The van der Waals surface area contributed by atoms with Crippen molar-refractivity contribution in [3.63, 3.8) is 0 Å². The molecule has 1 saturated heterocycles. The maximum atomic E-state index is 13.4. The van der Waals surface area contributed by atoms with Gasteiger partial charge in [0, 0.05) is 24.8 Å². The Balaban J connectivity index is 1.56.